The van der Waals surface area contributed by atoms with E-state index in [9.17, 15) is 4.39 Å². The summed E-state index contributed by atoms with van der Waals surface area (Å²) < 4.78 is 12.5. The minimum absolute atomic E-state index is 0.368. The van der Waals surface area contributed by atoms with Gasteiger partial charge in [0, 0.05) is 6.04 Å². The molecule has 1 unspecified atom stereocenters. The number of nitrogens with zero attached hydrogens (tertiary/aromatic N) is 2. The average Bonchev–Trinajstić information content (AvgIpc) is 2.93. The number of anilines is 1. The van der Waals surface area contributed by atoms with Gasteiger partial charge in [-0.25, -0.2) is 14.4 Å². The third-order valence-electron chi connectivity index (χ3n) is 2.38. The van der Waals surface area contributed by atoms with Crippen LogP contribution in [0.15, 0.2) is 12.4 Å². The summed E-state index contributed by atoms with van der Waals surface area (Å²) >= 11 is 0. The van der Waals surface area contributed by atoms with Gasteiger partial charge in [0.15, 0.2) is 5.82 Å². The third-order valence-corrected chi connectivity index (χ3v) is 2.38. The molecule has 1 N–H and O–H groups in total. The number of hydrogen-bond acceptors (Lipinski definition) is 3. The largest absolute Gasteiger partial charge is 0.352 e. The molecule has 1 saturated carbocycles. The zero-order valence-electron chi connectivity index (χ0n) is 8.20. The molecule has 0 amide bonds. The van der Waals surface area contributed by atoms with E-state index >= 15 is 0 Å². The van der Waals surface area contributed by atoms with E-state index < -0.39 is 5.82 Å². The summed E-state index contributed by atoms with van der Waals surface area (Å²) in [5.74, 6) is 0.989. The minimum atomic E-state index is -0.398. The van der Waals surface area contributed by atoms with Crippen molar-refractivity contribution in [2.75, 3.05) is 5.32 Å². The van der Waals surface area contributed by atoms with Crippen LogP contribution in [0.3, 0.4) is 0 Å². The summed E-state index contributed by atoms with van der Waals surface area (Å²) in [6.45, 7) is 2.10. The molecule has 1 aromatic heterocycles. The van der Waals surface area contributed by atoms with Crippen molar-refractivity contribution in [1.29, 1.82) is 0 Å². The first-order valence-electron chi connectivity index (χ1n) is 4.98. The summed E-state index contributed by atoms with van der Waals surface area (Å²) in [4.78, 5) is 7.70. The van der Waals surface area contributed by atoms with E-state index in [1.54, 1.807) is 0 Å². The van der Waals surface area contributed by atoms with Crippen molar-refractivity contribution in [1.82, 2.24) is 9.97 Å². The van der Waals surface area contributed by atoms with Crippen molar-refractivity contribution in [2.45, 2.75) is 32.2 Å². The molecule has 1 heterocycles. The summed E-state index contributed by atoms with van der Waals surface area (Å²) in [5, 5.41) is 3.15. The minimum Gasteiger partial charge on any atom is -0.352 e. The Balaban J connectivity index is 1.85. The van der Waals surface area contributed by atoms with Gasteiger partial charge >= 0.3 is 0 Å². The highest BCUT2D eigenvalue weighted by Gasteiger charge is 2.23. The Bertz CT molecular complexity index is 295. The van der Waals surface area contributed by atoms with Crippen molar-refractivity contribution >= 4 is 5.95 Å². The number of rotatable bonds is 4. The van der Waals surface area contributed by atoms with E-state index in [-0.39, 0.29) is 0 Å². The number of nitrogens with one attached hydrogen (secondary N) is 1. The lowest BCUT2D eigenvalue weighted by molar-refractivity contribution is 0.608. The maximum Gasteiger partial charge on any atom is 0.222 e. The molecular formula is C10H14FN3. The maximum absolute atomic E-state index is 12.5. The van der Waals surface area contributed by atoms with Crippen molar-refractivity contribution < 1.29 is 4.39 Å². The molecule has 76 valence electrons. The third kappa shape index (κ3) is 2.65. The van der Waals surface area contributed by atoms with Gasteiger partial charge in [-0.05, 0) is 19.3 Å². The van der Waals surface area contributed by atoms with Gasteiger partial charge in [0.25, 0.3) is 0 Å². The summed E-state index contributed by atoms with van der Waals surface area (Å²) in [5.41, 5.74) is 0. The van der Waals surface area contributed by atoms with E-state index in [4.69, 9.17) is 0 Å². The van der Waals surface area contributed by atoms with Crippen LogP contribution in [-0.2, 0) is 0 Å². The van der Waals surface area contributed by atoms with E-state index in [1.165, 1.54) is 25.2 Å². The monoisotopic (exact) mass is 195 g/mol. The van der Waals surface area contributed by atoms with E-state index in [0.29, 0.717) is 12.0 Å². The van der Waals surface area contributed by atoms with E-state index in [1.807, 2.05) is 0 Å². The molecule has 0 bridgehead atoms. The zero-order valence-corrected chi connectivity index (χ0v) is 8.20. The maximum atomic E-state index is 12.5. The molecule has 0 radical (unpaired) electrons. The first-order chi connectivity index (χ1) is 6.74. The van der Waals surface area contributed by atoms with Gasteiger partial charge in [0.2, 0.25) is 5.95 Å². The van der Waals surface area contributed by atoms with Crippen molar-refractivity contribution in [3.05, 3.63) is 18.2 Å². The molecule has 1 aliphatic carbocycles. The topological polar surface area (TPSA) is 37.8 Å². The van der Waals surface area contributed by atoms with Crippen LogP contribution >= 0.6 is 0 Å². The smallest absolute Gasteiger partial charge is 0.222 e. The molecule has 0 saturated heterocycles. The zero-order chi connectivity index (χ0) is 9.97. The standard InChI is InChI=1S/C10H14FN3/c1-7(4-8-2-3-8)14-10-12-5-9(11)6-13-10/h5-8H,2-4H2,1H3,(H,12,13,14). The van der Waals surface area contributed by atoms with Gasteiger partial charge < -0.3 is 5.32 Å². The van der Waals surface area contributed by atoms with Gasteiger partial charge in [-0.3, -0.25) is 0 Å². The molecule has 1 aromatic rings. The molecule has 14 heavy (non-hydrogen) atoms. The Morgan fingerprint density at radius 1 is 1.50 bits per heavy atom. The Hall–Kier alpha value is -1.19. The van der Waals surface area contributed by atoms with Crippen LogP contribution in [0.25, 0.3) is 0 Å². The lowest BCUT2D eigenvalue weighted by Crippen LogP contribution is -2.17. The van der Waals surface area contributed by atoms with Crippen LogP contribution in [0.1, 0.15) is 26.2 Å². The SMILES string of the molecule is CC(CC1CC1)Nc1ncc(F)cn1. The van der Waals surface area contributed by atoms with Gasteiger partial charge in [-0.2, -0.15) is 0 Å². The van der Waals surface area contributed by atoms with Crippen LogP contribution < -0.4 is 5.32 Å². The normalized spacial score (nSPS) is 17.9. The highest BCUT2D eigenvalue weighted by atomic mass is 19.1. The van der Waals surface area contributed by atoms with Gasteiger partial charge in [0.1, 0.15) is 0 Å². The predicted octanol–water partition coefficient (Wildman–Crippen LogP) is 2.22. The van der Waals surface area contributed by atoms with Crippen LogP contribution in [-0.4, -0.2) is 16.0 Å². The molecule has 2 rings (SSSR count). The first-order valence-corrected chi connectivity index (χ1v) is 4.98. The highest BCUT2D eigenvalue weighted by Crippen LogP contribution is 2.33. The predicted molar refractivity (Wildman–Crippen MR) is 52.4 cm³/mol. The molecule has 0 aliphatic heterocycles. The first kappa shape index (κ1) is 9.37. The van der Waals surface area contributed by atoms with Crippen LogP contribution in [0.2, 0.25) is 0 Å². The number of halogens is 1. The molecule has 4 heteroatoms. The van der Waals surface area contributed by atoms with Gasteiger partial charge in [-0.1, -0.05) is 12.8 Å². The Labute approximate surface area is 82.8 Å². The van der Waals surface area contributed by atoms with Crippen molar-refractivity contribution in [3.8, 4) is 0 Å². The van der Waals surface area contributed by atoms with Crippen LogP contribution in [0.5, 0.6) is 0 Å². The lowest BCUT2D eigenvalue weighted by Gasteiger charge is -2.12. The second-order valence-corrected chi connectivity index (χ2v) is 3.95. The Morgan fingerprint density at radius 3 is 2.71 bits per heavy atom. The molecule has 3 nitrogen and oxygen atoms in total. The molecular weight excluding hydrogens is 181 g/mol. The fourth-order valence-corrected chi connectivity index (χ4v) is 1.52. The number of hydrogen-bond donors (Lipinski definition) is 1. The second-order valence-electron chi connectivity index (χ2n) is 3.95. The quantitative estimate of drug-likeness (QED) is 0.800. The lowest BCUT2D eigenvalue weighted by atomic mass is 10.2. The summed E-state index contributed by atoms with van der Waals surface area (Å²) in [7, 11) is 0. The van der Waals surface area contributed by atoms with E-state index in [2.05, 4.69) is 22.2 Å². The van der Waals surface area contributed by atoms with Crippen LogP contribution in [0, 0.1) is 11.7 Å². The van der Waals surface area contributed by atoms with Crippen LogP contribution in [0.4, 0.5) is 10.3 Å². The molecule has 1 aliphatic rings. The fraction of sp³-hybridized carbons (Fsp3) is 0.600. The van der Waals surface area contributed by atoms with Crippen molar-refractivity contribution in [2.24, 2.45) is 5.92 Å². The molecule has 1 fully saturated rings. The Kier molecular flexibility index (Phi) is 2.61. The fourth-order valence-electron chi connectivity index (χ4n) is 1.52. The molecule has 0 spiro atoms. The van der Waals surface area contributed by atoms with Gasteiger partial charge in [-0.15, -0.1) is 0 Å². The van der Waals surface area contributed by atoms with Gasteiger partial charge in [0.05, 0.1) is 12.4 Å². The second kappa shape index (κ2) is 3.90. The Morgan fingerprint density at radius 2 is 2.14 bits per heavy atom. The summed E-state index contributed by atoms with van der Waals surface area (Å²) in [6.07, 6.45) is 6.20. The summed E-state index contributed by atoms with van der Waals surface area (Å²) in [6, 6.07) is 0.368. The average molecular weight is 195 g/mol. The van der Waals surface area contributed by atoms with Crippen molar-refractivity contribution in [3.63, 3.8) is 0 Å². The highest BCUT2D eigenvalue weighted by molar-refractivity contribution is 5.24. The molecule has 0 aromatic carbocycles. The van der Waals surface area contributed by atoms with E-state index in [0.717, 1.165) is 12.3 Å². The molecule has 1 atom stereocenters. The number of aromatic nitrogens is 2.